The van der Waals surface area contributed by atoms with Crippen molar-refractivity contribution in [2.24, 2.45) is 0 Å². The molecule has 1 atom stereocenters. The number of aromatic amines is 1. The van der Waals surface area contributed by atoms with Crippen molar-refractivity contribution in [3.05, 3.63) is 66.6 Å². The highest BCUT2D eigenvalue weighted by Crippen LogP contribution is 2.36. The number of benzene rings is 2. The molecule has 1 fully saturated rings. The number of methoxy groups -OCH3 is 1. The Bertz CT molecular complexity index is 1030. The van der Waals surface area contributed by atoms with Gasteiger partial charge < -0.3 is 9.72 Å². The van der Waals surface area contributed by atoms with Gasteiger partial charge in [-0.15, -0.1) is 0 Å². The quantitative estimate of drug-likeness (QED) is 0.730. The maximum Gasteiger partial charge on any atom is 0.243 e. The maximum atomic E-state index is 13.0. The third-order valence-corrected chi connectivity index (χ3v) is 6.77. The molecule has 1 aromatic heterocycles. The van der Waals surface area contributed by atoms with Gasteiger partial charge in [0.05, 0.1) is 29.9 Å². The highest BCUT2D eigenvalue weighted by atomic mass is 32.2. The van der Waals surface area contributed by atoms with Gasteiger partial charge in [-0.25, -0.2) is 13.4 Å². The van der Waals surface area contributed by atoms with Crippen LogP contribution >= 0.6 is 0 Å². The molecule has 0 saturated carbocycles. The molecular formula is C20H21N3O3S. The molecular weight excluding hydrogens is 362 g/mol. The minimum Gasteiger partial charge on any atom is -0.497 e. The molecule has 6 nitrogen and oxygen atoms in total. The lowest BCUT2D eigenvalue weighted by molar-refractivity contribution is 0.385. The van der Waals surface area contributed by atoms with Crippen LogP contribution in [-0.2, 0) is 10.0 Å². The molecule has 3 aromatic rings. The van der Waals surface area contributed by atoms with Crippen LogP contribution in [0.15, 0.2) is 65.7 Å². The molecule has 4 rings (SSSR count). The number of nitrogens with zero attached hydrogens (tertiary/aromatic N) is 2. The molecule has 140 valence electrons. The Hall–Kier alpha value is -2.64. The molecule has 1 N–H and O–H groups in total. The summed E-state index contributed by atoms with van der Waals surface area (Å²) < 4.78 is 32.9. The number of hydrogen-bond donors (Lipinski definition) is 1. The smallest absolute Gasteiger partial charge is 0.243 e. The number of imidazole rings is 1. The average Bonchev–Trinajstić information content (AvgIpc) is 3.38. The minimum absolute atomic E-state index is 0.283. The zero-order chi connectivity index (χ0) is 18.9. The van der Waals surface area contributed by atoms with E-state index in [0.29, 0.717) is 17.3 Å². The second-order valence-electron chi connectivity index (χ2n) is 6.50. The van der Waals surface area contributed by atoms with Crippen LogP contribution in [0.1, 0.15) is 24.7 Å². The minimum atomic E-state index is -3.55. The van der Waals surface area contributed by atoms with Gasteiger partial charge in [0, 0.05) is 12.1 Å². The lowest BCUT2D eigenvalue weighted by atomic mass is 10.1. The fraction of sp³-hybridized carbons (Fsp3) is 0.250. The fourth-order valence-corrected chi connectivity index (χ4v) is 5.15. The van der Waals surface area contributed by atoms with Crippen LogP contribution < -0.4 is 4.74 Å². The molecule has 0 radical (unpaired) electrons. The van der Waals surface area contributed by atoms with Crippen LogP contribution in [0.25, 0.3) is 11.3 Å². The second kappa shape index (κ2) is 7.17. The maximum absolute atomic E-state index is 13.0. The van der Waals surface area contributed by atoms with Gasteiger partial charge in [-0.2, -0.15) is 4.31 Å². The van der Waals surface area contributed by atoms with Gasteiger partial charge in [-0.1, -0.05) is 30.3 Å². The largest absolute Gasteiger partial charge is 0.497 e. The molecule has 0 aliphatic carbocycles. The van der Waals surface area contributed by atoms with Crippen LogP contribution in [0.3, 0.4) is 0 Å². The number of sulfonamides is 1. The van der Waals surface area contributed by atoms with Crippen LogP contribution in [0.5, 0.6) is 5.75 Å². The Morgan fingerprint density at radius 1 is 1.15 bits per heavy atom. The van der Waals surface area contributed by atoms with E-state index in [2.05, 4.69) is 9.97 Å². The number of H-pyrrole nitrogens is 1. The van der Waals surface area contributed by atoms with E-state index in [0.717, 1.165) is 29.8 Å². The topological polar surface area (TPSA) is 75.3 Å². The van der Waals surface area contributed by atoms with Crippen molar-refractivity contribution in [1.82, 2.24) is 14.3 Å². The molecule has 1 aliphatic heterocycles. The molecule has 27 heavy (non-hydrogen) atoms. The first-order valence-electron chi connectivity index (χ1n) is 8.86. The highest BCUT2D eigenvalue weighted by molar-refractivity contribution is 7.89. The molecule has 0 spiro atoms. The van der Waals surface area contributed by atoms with E-state index in [4.69, 9.17) is 4.74 Å². The molecule has 0 bridgehead atoms. The Balaban J connectivity index is 1.64. The van der Waals surface area contributed by atoms with E-state index in [9.17, 15) is 8.42 Å². The van der Waals surface area contributed by atoms with Crippen LogP contribution in [0.2, 0.25) is 0 Å². The van der Waals surface area contributed by atoms with Gasteiger partial charge in [0.25, 0.3) is 0 Å². The van der Waals surface area contributed by atoms with Gasteiger partial charge in [0.1, 0.15) is 11.6 Å². The van der Waals surface area contributed by atoms with E-state index >= 15 is 0 Å². The third kappa shape index (κ3) is 3.36. The molecule has 0 unspecified atom stereocenters. The Morgan fingerprint density at radius 2 is 1.96 bits per heavy atom. The average molecular weight is 383 g/mol. The van der Waals surface area contributed by atoms with Gasteiger partial charge >= 0.3 is 0 Å². The summed E-state index contributed by atoms with van der Waals surface area (Å²) in [6.07, 6.45) is 3.30. The first-order valence-corrected chi connectivity index (χ1v) is 10.3. The summed E-state index contributed by atoms with van der Waals surface area (Å²) in [4.78, 5) is 8.10. The normalized spacial score (nSPS) is 17.9. The van der Waals surface area contributed by atoms with Crippen LogP contribution in [0, 0.1) is 0 Å². The zero-order valence-corrected chi connectivity index (χ0v) is 15.8. The Kier molecular flexibility index (Phi) is 4.72. The van der Waals surface area contributed by atoms with E-state index in [1.54, 1.807) is 41.9 Å². The number of nitrogens with one attached hydrogen (secondary N) is 1. The lowest BCUT2D eigenvalue weighted by Crippen LogP contribution is -2.31. The summed E-state index contributed by atoms with van der Waals surface area (Å²) >= 11 is 0. The number of hydrogen-bond acceptors (Lipinski definition) is 4. The fourth-order valence-electron chi connectivity index (χ4n) is 3.47. The third-order valence-electron chi connectivity index (χ3n) is 4.85. The molecule has 2 aromatic carbocycles. The standard InChI is InChI=1S/C20H21N3O3S/c1-26-16-8-5-7-15(13-16)18-14-21-20(22-18)19-11-6-12-23(19)27(24,25)17-9-3-2-4-10-17/h2-5,7-10,13-14,19H,6,11-12H2,1H3,(H,21,22)/t19-/m0/s1. The van der Waals surface area contributed by atoms with Crippen molar-refractivity contribution in [1.29, 1.82) is 0 Å². The molecule has 7 heteroatoms. The molecule has 1 saturated heterocycles. The SMILES string of the molecule is COc1cccc(-c2cnc([C@@H]3CCCN3S(=O)(=O)c3ccccc3)[nH]2)c1. The van der Waals surface area contributed by atoms with Crippen molar-refractivity contribution in [2.75, 3.05) is 13.7 Å². The summed E-state index contributed by atoms with van der Waals surface area (Å²) in [5, 5.41) is 0. The Labute approximate surface area is 158 Å². The monoisotopic (exact) mass is 383 g/mol. The van der Waals surface area contributed by atoms with Crippen molar-refractivity contribution in [3.63, 3.8) is 0 Å². The first kappa shape index (κ1) is 17.8. The molecule has 0 amide bonds. The summed E-state index contributed by atoms with van der Waals surface area (Å²) in [6, 6.07) is 16.0. The number of aromatic nitrogens is 2. The van der Waals surface area contributed by atoms with E-state index in [1.165, 1.54) is 0 Å². The number of ether oxygens (including phenoxy) is 1. The summed E-state index contributed by atoms with van der Waals surface area (Å²) in [7, 11) is -1.92. The van der Waals surface area contributed by atoms with E-state index in [-0.39, 0.29) is 6.04 Å². The van der Waals surface area contributed by atoms with Crippen LogP contribution in [0.4, 0.5) is 0 Å². The van der Waals surface area contributed by atoms with Gasteiger partial charge in [-0.05, 0) is 37.1 Å². The van der Waals surface area contributed by atoms with Gasteiger partial charge in [0.15, 0.2) is 0 Å². The first-order chi connectivity index (χ1) is 13.1. The summed E-state index contributed by atoms with van der Waals surface area (Å²) in [5.74, 6) is 1.43. The van der Waals surface area contributed by atoms with Gasteiger partial charge in [0.2, 0.25) is 10.0 Å². The highest BCUT2D eigenvalue weighted by Gasteiger charge is 2.37. The zero-order valence-electron chi connectivity index (χ0n) is 15.0. The van der Waals surface area contributed by atoms with E-state index < -0.39 is 10.0 Å². The van der Waals surface area contributed by atoms with Crippen molar-refractivity contribution >= 4 is 10.0 Å². The lowest BCUT2D eigenvalue weighted by Gasteiger charge is -2.22. The van der Waals surface area contributed by atoms with Crippen molar-refractivity contribution in [2.45, 2.75) is 23.8 Å². The second-order valence-corrected chi connectivity index (χ2v) is 8.39. The molecule has 1 aliphatic rings. The Morgan fingerprint density at radius 3 is 2.74 bits per heavy atom. The summed E-state index contributed by atoms with van der Waals surface area (Å²) in [6.45, 7) is 0.497. The van der Waals surface area contributed by atoms with E-state index in [1.807, 2.05) is 30.3 Å². The molecule has 2 heterocycles. The van der Waals surface area contributed by atoms with Gasteiger partial charge in [-0.3, -0.25) is 0 Å². The number of rotatable bonds is 5. The van der Waals surface area contributed by atoms with Crippen molar-refractivity contribution < 1.29 is 13.2 Å². The predicted molar refractivity (Wildman–Crippen MR) is 103 cm³/mol. The summed E-state index contributed by atoms with van der Waals surface area (Å²) in [5.41, 5.74) is 1.79. The van der Waals surface area contributed by atoms with Crippen LogP contribution in [-0.4, -0.2) is 36.3 Å². The van der Waals surface area contributed by atoms with Crippen molar-refractivity contribution in [3.8, 4) is 17.0 Å². The predicted octanol–water partition coefficient (Wildman–Crippen LogP) is 3.61.